The minimum Gasteiger partial charge on any atom is -0.299 e. The Morgan fingerprint density at radius 3 is 2.50 bits per heavy atom. The van der Waals surface area contributed by atoms with Crippen LogP contribution < -0.4 is 5.32 Å². The van der Waals surface area contributed by atoms with E-state index in [1.807, 2.05) is 0 Å². The lowest BCUT2D eigenvalue weighted by atomic mass is 9.86. The first kappa shape index (κ1) is 8.89. The molecule has 0 radical (unpaired) electrons. The van der Waals surface area contributed by atoms with Gasteiger partial charge in [0.1, 0.15) is 0 Å². The van der Waals surface area contributed by atoms with E-state index in [0.29, 0.717) is 16.3 Å². The van der Waals surface area contributed by atoms with Crippen LogP contribution in [0.4, 0.5) is 0 Å². The maximum atomic E-state index is 3.78. The molecule has 1 nitrogen and oxygen atoms in total. The van der Waals surface area contributed by atoms with Crippen LogP contribution in [0.1, 0.15) is 40.0 Å². The van der Waals surface area contributed by atoms with E-state index >= 15 is 0 Å². The smallest absolute Gasteiger partial charge is 0.0699 e. The van der Waals surface area contributed by atoms with E-state index in [0.717, 1.165) is 0 Å². The predicted octanol–water partition coefficient (Wildman–Crippen LogP) is 2.62. The van der Waals surface area contributed by atoms with Gasteiger partial charge in [-0.3, -0.25) is 5.32 Å². The van der Waals surface area contributed by atoms with Crippen molar-refractivity contribution in [1.82, 2.24) is 5.32 Å². The average molecular weight is 185 g/mol. The molecule has 1 saturated heterocycles. The third kappa shape index (κ3) is 1.12. The molecule has 1 aliphatic carbocycles. The summed E-state index contributed by atoms with van der Waals surface area (Å²) in [4.78, 5) is 0.423. The summed E-state index contributed by atoms with van der Waals surface area (Å²) in [5.74, 6) is 1.30. The highest BCUT2D eigenvalue weighted by Crippen LogP contribution is 2.54. The summed E-state index contributed by atoms with van der Waals surface area (Å²) in [5, 5.41) is 3.78. The fraction of sp³-hybridized carbons (Fsp3) is 1.00. The van der Waals surface area contributed by atoms with Crippen LogP contribution in [0.3, 0.4) is 0 Å². The monoisotopic (exact) mass is 185 g/mol. The Morgan fingerprint density at radius 2 is 2.08 bits per heavy atom. The predicted molar refractivity (Wildman–Crippen MR) is 55.4 cm³/mol. The fourth-order valence-electron chi connectivity index (χ4n) is 2.60. The van der Waals surface area contributed by atoms with Crippen molar-refractivity contribution in [3.63, 3.8) is 0 Å². The summed E-state index contributed by atoms with van der Waals surface area (Å²) in [6.07, 6.45) is 4.16. The molecule has 2 atom stereocenters. The molecule has 1 N–H and O–H groups in total. The van der Waals surface area contributed by atoms with Crippen molar-refractivity contribution in [2.45, 2.75) is 50.9 Å². The maximum Gasteiger partial charge on any atom is 0.0699 e. The molecule has 2 heteroatoms. The lowest BCUT2D eigenvalue weighted by Crippen LogP contribution is -2.48. The third-order valence-electron chi connectivity index (χ3n) is 3.48. The van der Waals surface area contributed by atoms with Crippen LogP contribution in [0.2, 0.25) is 0 Å². The molecular formula is C10H19NS. The first-order valence-electron chi connectivity index (χ1n) is 4.97. The molecule has 0 aromatic heterocycles. The number of rotatable bonds is 0. The highest BCUT2D eigenvalue weighted by atomic mass is 32.2. The molecule has 2 rings (SSSR count). The van der Waals surface area contributed by atoms with Gasteiger partial charge in [-0.05, 0) is 25.2 Å². The van der Waals surface area contributed by atoms with Gasteiger partial charge in [0.25, 0.3) is 0 Å². The minimum absolute atomic E-state index is 0.423. The Kier molecular flexibility index (Phi) is 1.96. The van der Waals surface area contributed by atoms with Gasteiger partial charge >= 0.3 is 0 Å². The van der Waals surface area contributed by atoms with Crippen LogP contribution in [0, 0.1) is 5.41 Å². The van der Waals surface area contributed by atoms with Gasteiger partial charge in [0.05, 0.1) is 4.87 Å². The molecule has 1 aliphatic heterocycles. The topological polar surface area (TPSA) is 12.0 Å². The third-order valence-corrected chi connectivity index (χ3v) is 5.52. The number of hydrogen-bond donors (Lipinski definition) is 1. The van der Waals surface area contributed by atoms with Crippen LogP contribution >= 0.6 is 11.8 Å². The van der Waals surface area contributed by atoms with Crippen LogP contribution in [0.15, 0.2) is 0 Å². The Hall–Kier alpha value is 0.310. The molecule has 0 aromatic carbocycles. The normalized spacial score (nSPS) is 45.8. The van der Waals surface area contributed by atoms with Crippen LogP contribution in [-0.4, -0.2) is 16.7 Å². The first-order chi connectivity index (χ1) is 5.56. The first-order valence-corrected chi connectivity index (χ1v) is 5.96. The van der Waals surface area contributed by atoms with E-state index in [1.54, 1.807) is 0 Å². The van der Waals surface area contributed by atoms with E-state index in [4.69, 9.17) is 0 Å². The highest BCUT2D eigenvalue weighted by molar-refractivity contribution is 8.01. The molecule has 2 aliphatic rings. The molecule has 0 bridgehead atoms. The quantitative estimate of drug-likeness (QED) is 0.622. The summed E-state index contributed by atoms with van der Waals surface area (Å²) >= 11 is 2.16. The van der Waals surface area contributed by atoms with Crippen molar-refractivity contribution in [1.29, 1.82) is 0 Å². The van der Waals surface area contributed by atoms with Crippen molar-refractivity contribution in [3.8, 4) is 0 Å². The zero-order valence-electron chi connectivity index (χ0n) is 8.31. The van der Waals surface area contributed by atoms with Crippen molar-refractivity contribution in [2.24, 2.45) is 5.41 Å². The summed E-state index contributed by atoms with van der Waals surface area (Å²) in [5.41, 5.74) is 0.502. The van der Waals surface area contributed by atoms with Gasteiger partial charge < -0.3 is 0 Å². The molecular weight excluding hydrogens is 166 g/mol. The van der Waals surface area contributed by atoms with Crippen molar-refractivity contribution < 1.29 is 0 Å². The van der Waals surface area contributed by atoms with Gasteiger partial charge in [-0.1, -0.05) is 20.3 Å². The van der Waals surface area contributed by atoms with E-state index in [2.05, 4.69) is 37.8 Å². The van der Waals surface area contributed by atoms with Gasteiger partial charge in [0, 0.05) is 11.8 Å². The Bertz CT molecular complexity index is 190. The zero-order valence-corrected chi connectivity index (χ0v) is 9.13. The molecule has 0 aromatic rings. The van der Waals surface area contributed by atoms with Crippen molar-refractivity contribution in [2.75, 3.05) is 5.75 Å². The van der Waals surface area contributed by atoms with Crippen LogP contribution in [0.25, 0.3) is 0 Å². The lowest BCUT2D eigenvalue weighted by Gasteiger charge is -2.38. The standard InChI is InChI=1S/C10H19NS/c1-8-7-12-10(11-8)6-4-5-9(10,2)3/h8,11H,4-7H2,1-3H3. The van der Waals surface area contributed by atoms with E-state index in [9.17, 15) is 0 Å². The van der Waals surface area contributed by atoms with E-state index in [1.165, 1.54) is 25.0 Å². The lowest BCUT2D eigenvalue weighted by molar-refractivity contribution is 0.251. The van der Waals surface area contributed by atoms with E-state index < -0.39 is 0 Å². The second-order valence-electron chi connectivity index (χ2n) is 4.92. The average Bonchev–Trinajstić information content (AvgIpc) is 2.43. The van der Waals surface area contributed by atoms with Crippen LogP contribution in [0.5, 0.6) is 0 Å². The minimum atomic E-state index is 0.423. The van der Waals surface area contributed by atoms with Gasteiger partial charge in [0.15, 0.2) is 0 Å². The Labute approximate surface area is 79.7 Å². The van der Waals surface area contributed by atoms with Crippen molar-refractivity contribution >= 4 is 11.8 Å². The van der Waals surface area contributed by atoms with Crippen molar-refractivity contribution in [3.05, 3.63) is 0 Å². The Morgan fingerprint density at radius 1 is 1.33 bits per heavy atom. The summed E-state index contributed by atoms with van der Waals surface area (Å²) in [6, 6.07) is 0.715. The van der Waals surface area contributed by atoms with Gasteiger partial charge in [-0.25, -0.2) is 0 Å². The SMILES string of the molecule is CC1CSC2(CCCC2(C)C)N1. The van der Waals surface area contributed by atoms with Gasteiger partial charge in [-0.2, -0.15) is 0 Å². The molecule has 1 spiro atoms. The molecule has 12 heavy (non-hydrogen) atoms. The fourth-order valence-corrected chi connectivity index (χ4v) is 4.29. The molecule has 1 heterocycles. The maximum absolute atomic E-state index is 3.78. The summed E-state index contributed by atoms with van der Waals surface area (Å²) < 4.78 is 0. The highest BCUT2D eigenvalue weighted by Gasteiger charge is 2.52. The second-order valence-corrected chi connectivity index (χ2v) is 6.24. The Balaban J connectivity index is 2.20. The molecule has 0 amide bonds. The summed E-state index contributed by atoms with van der Waals surface area (Å²) in [6.45, 7) is 7.13. The van der Waals surface area contributed by atoms with Crippen LogP contribution in [-0.2, 0) is 0 Å². The van der Waals surface area contributed by atoms with Gasteiger partial charge in [-0.15, -0.1) is 11.8 Å². The molecule has 2 unspecified atom stereocenters. The molecule has 1 saturated carbocycles. The van der Waals surface area contributed by atoms with Gasteiger partial charge in [0.2, 0.25) is 0 Å². The zero-order chi connectivity index (χ0) is 8.82. The number of nitrogens with one attached hydrogen (secondary N) is 1. The largest absolute Gasteiger partial charge is 0.299 e. The number of hydrogen-bond acceptors (Lipinski definition) is 2. The van der Waals surface area contributed by atoms with E-state index in [-0.39, 0.29) is 0 Å². The molecule has 2 fully saturated rings. The summed E-state index contributed by atoms with van der Waals surface area (Å²) in [7, 11) is 0. The second kappa shape index (κ2) is 2.65. The molecule has 70 valence electrons. The number of thioether (sulfide) groups is 1.